The zero-order valence-electron chi connectivity index (χ0n) is 20.7. The molecule has 1 N–H and O–H groups in total. The van der Waals surface area contributed by atoms with Gasteiger partial charge >= 0.3 is 6.09 Å². The second kappa shape index (κ2) is 11.4. The van der Waals surface area contributed by atoms with Gasteiger partial charge in [0.25, 0.3) is 6.01 Å². The van der Waals surface area contributed by atoms with Crippen molar-refractivity contribution in [2.75, 3.05) is 18.1 Å². The van der Waals surface area contributed by atoms with Gasteiger partial charge in [0.15, 0.2) is 5.58 Å². The summed E-state index contributed by atoms with van der Waals surface area (Å²) in [5, 5.41) is 3.31. The summed E-state index contributed by atoms with van der Waals surface area (Å²) in [6.45, 7) is 7.13. The van der Waals surface area contributed by atoms with Crippen LogP contribution in [-0.2, 0) is 17.9 Å². The Hall–Kier alpha value is -3.71. The molecule has 3 aromatic carbocycles. The molecule has 0 saturated heterocycles. The van der Waals surface area contributed by atoms with Crippen molar-refractivity contribution in [3.63, 3.8) is 0 Å². The van der Waals surface area contributed by atoms with Gasteiger partial charge in [-0.2, -0.15) is 4.98 Å². The molecule has 0 saturated carbocycles. The average molecular weight is 508 g/mol. The Morgan fingerprint density at radius 2 is 1.78 bits per heavy atom. The van der Waals surface area contributed by atoms with Gasteiger partial charge in [-0.15, -0.1) is 0 Å². The number of anilines is 1. The van der Waals surface area contributed by atoms with Crippen LogP contribution in [0.4, 0.5) is 10.8 Å². The molecular formula is C28H30ClN3O4. The maximum Gasteiger partial charge on any atom is 0.407 e. The SMILES string of the molecule is CC(C)(C)NC(=O)OCCN(Cc1ccc(OCc2ccccc2)c(Cl)c1)c1nc2ccccc2o1. The molecule has 8 heteroatoms. The van der Waals surface area contributed by atoms with Gasteiger partial charge in [-0.05, 0) is 56.2 Å². The first kappa shape index (κ1) is 25.4. The second-order valence-electron chi connectivity index (χ2n) is 9.44. The summed E-state index contributed by atoms with van der Waals surface area (Å²) in [6, 6.07) is 23.6. The van der Waals surface area contributed by atoms with Crippen molar-refractivity contribution >= 4 is 34.8 Å². The molecule has 1 heterocycles. The first-order valence-corrected chi connectivity index (χ1v) is 12.2. The Morgan fingerprint density at radius 3 is 2.50 bits per heavy atom. The first-order valence-electron chi connectivity index (χ1n) is 11.8. The van der Waals surface area contributed by atoms with E-state index in [-0.39, 0.29) is 12.1 Å². The lowest BCUT2D eigenvalue weighted by atomic mass is 10.1. The molecule has 1 amide bonds. The van der Waals surface area contributed by atoms with Gasteiger partial charge in [0.05, 0.1) is 11.6 Å². The van der Waals surface area contributed by atoms with Crippen LogP contribution >= 0.6 is 11.6 Å². The Labute approximate surface area is 216 Å². The van der Waals surface area contributed by atoms with Crippen molar-refractivity contribution in [1.29, 1.82) is 0 Å². The number of alkyl carbamates (subject to hydrolysis) is 1. The number of amides is 1. The maximum atomic E-state index is 12.1. The minimum absolute atomic E-state index is 0.159. The van der Waals surface area contributed by atoms with E-state index in [2.05, 4.69) is 10.3 Å². The third-order valence-corrected chi connectivity index (χ3v) is 5.53. The number of nitrogens with zero attached hydrogens (tertiary/aromatic N) is 2. The van der Waals surface area contributed by atoms with Crippen molar-refractivity contribution in [2.45, 2.75) is 39.5 Å². The van der Waals surface area contributed by atoms with Crippen LogP contribution in [0.2, 0.25) is 5.02 Å². The second-order valence-corrected chi connectivity index (χ2v) is 9.84. The normalized spacial score (nSPS) is 11.3. The van der Waals surface area contributed by atoms with E-state index in [1.165, 1.54) is 0 Å². The monoisotopic (exact) mass is 507 g/mol. The van der Waals surface area contributed by atoms with E-state index < -0.39 is 6.09 Å². The molecule has 0 aliphatic carbocycles. The van der Waals surface area contributed by atoms with Gasteiger partial charge in [0.2, 0.25) is 0 Å². The Morgan fingerprint density at radius 1 is 1.03 bits per heavy atom. The summed E-state index contributed by atoms with van der Waals surface area (Å²) >= 11 is 6.54. The number of carbonyl (C=O) groups excluding carboxylic acids is 1. The molecule has 0 fully saturated rings. The highest BCUT2D eigenvalue weighted by atomic mass is 35.5. The first-order chi connectivity index (χ1) is 17.3. The van der Waals surface area contributed by atoms with Gasteiger partial charge < -0.3 is 24.1 Å². The largest absolute Gasteiger partial charge is 0.487 e. The molecule has 0 spiro atoms. The number of hydrogen-bond donors (Lipinski definition) is 1. The van der Waals surface area contributed by atoms with Gasteiger partial charge in [-0.25, -0.2) is 4.79 Å². The molecule has 4 rings (SSSR count). The highest BCUT2D eigenvalue weighted by Crippen LogP contribution is 2.28. The molecule has 188 valence electrons. The molecule has 0 radical (unpaired) electrons. The summed E-state index contributed by atoms with van der Waals surface area (Å²) < 4.78 is 17.3. The van der Waals surface area contributed by atoms with Crippen LogP contribution in [0.15, 0.2) is 77.2 Å². The van der Waals surface area contributed by atoms with Crippen molar-refractivity contribution in [3.8, 4) is 5.75 Å². The summed E-state index contributed by atoms with van der Waals surface area (Å²) in [7, 11) is 0. The maximum absolute atomic E-state index is 12.1. The fraction of sp³-hybridized carbons (Fsp3) is 0.286. The van der Waals surface area contributed by atoms with Crippen LogP contribution < -0.4 is 15.0 Å². The van der Waals surface area contributed by atoms with Crippen molar-refractivity contribution in [2.24, 2.45) is 0 Å². The summed E-state index contributed by atoms with van der Waals surface area (Å²) in [4.78, 5) is 18.6. The van der Waals surface area contributed by atoms with Crippen molar-refractivity contribution < 1.29 is 18.7 Å². The molecule has 0 atom stereocenters. The Kier molecular flexibility index (Phi) is 8.00. The molecule has 0 unspecified atom stereocenters. The van der Waals surface area contributed by atoms with E-state index in [1.807, 2.05) is 98.5 Å². The molecule has 4 aromatic rings. The Balaban J connectivity index is 1.46. The van der Waals surface area contributed by atoms with Crippen molar-refractivity contribution in [1.82, 2.24) is 10.3 Å². The molecule has 36 heavy (non-hydrogen) atoms. The summed E-state index contributed by atoms with van der Waals surface area (Å²) in [5.41, 5.74) is 3.07. The van der Waals surface area contributed by atoms with E-state index in [0.717, 1.165) is 16.6 Å². The van der Waals surface area contributed by atoms with E-state index >= 15 is 0 Å². The fourth-order valence-electron chi connectivity index (χ4n) is 3.54. The number of halogens is 1. The molecule has 7 nitrogen and oxygen atoms in total. The minimum Gasteiger partial charge on any atom is -0.487 e. The van der Waals surface area contributed by atoms with E-state index in [9.17, 15) is 4.79 Å². The molecule has 1 aromatic heterocycles. The minimum atomic E-state index is -0.469. The average Bonchev–Trinajstić information content (AvgIpc) is 3.27. The number of oxazole rings is 1. The lowest BCUT2D eigenvalue weighted by Crippen LogP contribution is -2.41. The smallest absolute Gasteiger partial charge is 0.407 e. The van der Waals surface area contributed by atoms with Crippen LogP contribution in [0.25, 0.3) is 11.1 Å². The predicted molar refractivity (Wildman–Crippen MR) is 142 cm³/mol. The number of rotatable bonds is 9. The fourth-order valence-corrected chi connectivity index (χ4v) is 3.80. The molecule has 0 aliphatic heterocycles. The highest BCUT2D eigenvalue weighted by molar-refractivity contribution is 6.32. The van der Waals surface area contributed by atoms with Crippen LogP contribution in [0.1, 0.15) is 31.9 Å². The van der Waals surface area contributed by atoms with Gasteiger partial charge in [0, 0.05) is 12.1 Å². The van der Waals surface area contributed by atoms with Crippen LogP contribution in [0.3, 0.4) is 0 Å². The lowest BCUT2D eigenvalue weighted by molar-refractivity contribution is 0.139. The summed E-state index contributed by atoms with van der Waals surface area (Å²) in [6.07, 6.45) is -0.469. The number of aromatic nitrogens is 1. The number of nitrogens with one attached hydrogen (secondary N) is 1. The third kappa shape index (κ3) is 7.15. The number of benzene rings is 3. The van der Waals surface area contributed by atoms with Crippen LogP contribution in [0.5, 0.6) is 5.75 Å². The number of hydrogen-bond acceptors (Lipinski definition) is 6. The highest BCUT2D eigenvalue weighted by Gasteiger charge is 2.18. The van der Waals surface area contributed by atoms with Crippen molar-refractivity contribution in [3.05, 3.63) is 88.9 Å². The molecule has 0 bridgehead atoms. The Bertz CT molecular complexity index is 1270. The van der Waals surface area contributed by atoms with E-state index in [0.29, 0.717) is 42.1 Å². The van der Waals surface area contributed by atoms with Crippen LogP contribution in [-0.4, -0.2) is 29.8 Å². The third-order valence-electron chi connectivity index (χ3n) is 5.23. The molecular weight excluding hydrogens is 478 g/mol. The number of carbonyl (C=O) groups is 1. The van der Waals surface area contributed by atoms with Gasteiger partial charge in [0.1, 0.15) is 24.5 Å². The van der Waals surface area contributed by atoms with Crippen LogP contribution in [0, 0.1) is 0 Å². The van der Waals surface area contributed by atoms with E-state index in [4.69, 9.17) is 25.5 Å². The van der Waals surface area contributed by atoms with E-state index in [1.54, 1.807) is 0 Å². The summed E-state index contributed by atoms with van der Waals surface area (Å²) in [5.74, 6) is 0.611. The van der Waals surface area contributed by atoms with Gasteiger partial charge in [-0.3, -0.25) is 0 Å². The number of para-hydroxylation sites is 2. The zero-order chi connectivity index (χ0) is 25.5. The number of fused-ring (bicyclic) bond motifs is 1. The predicted octanol–water partition coefficient (Wildman–Crippen LogP) is 6.59. The van der Waals surface area contributed by atoms with Gasteiger partial charge in [-0.1, -0.05) is 60.1 Å². The standard InChI is InChI=1S/C28H30ClN3O4/c1-28(2,3)31-27(33)34-16-15-32(26-30-23-11-7-8-12-25(23)36-26)18-21-13-14-24(22(29)17-21)35-19-20-9-5-4-6-10-20/h4-14,17H,15-16,18-19H2,1-3H3,(H,31,33). The quantitative estimate of drug-likeness (QED) is 0.275. The topological polar surface area (TPSA) is 76.8 Å². The number of ether oxygens (including phenoxy) is 2. The molecule has 0 aliphatic rings. The zero-order valence-corrected chi connectivity index (χ0v) is 21.4. The lowest BCUT2D eigenvalue weighted by Gasteiger charge is -2.23.